The van der Waals surface area contributed by atoms with Crippen LogP contribution in [0.5, 0.6) is 5.75 Å². The van der Waals surface area contributed by atoms with E-state index in [1.54, 1.807) is 48.5 Å². The summed E-state index contributed by atoms with van der Waals surface area (Å²) in [5.41, 5.74) is 3.46. The lowest BCUT2D eigenvalue weighted by Crippen LogP contribution is -2.32. The lowest BCUT2D eigenvalue weighted by molar-refractivity contribution is -0.384. The Kier molecular flexibility index (Phi) is 8.67. The summed E-state index contributed by atoms with van der Waals surface area (Å²) in [4.78, 5) is 48.6. The summed E-state index contributed by atoms with van der Waals surface area (Å²) in [6.45, 7) is 0. The van der Waals surface area contributed by atoms with Crippen LogP contribution in [-0.2, 0) is 4.79 Å². The lowest BCUT2D eigenvalue weighted by atomic mass is 10.2. The number of esters is 1. The molecule has 1 heterocycles. The van der Waals surface area contributed by atoms with Crippen molar-refractivity contribution in [2.24, 2.45) is 5.10 Å². The molecule has 4 rings (SSSR count). The quantitative estimate of drug-likeness (QED) is 0.0781. The second-order valence-corrected chi connectivity index (χ2v) is 8.83. The third-order valence-corrected chi connectivity index (χ3v) is 5.96. The molecule has 0 unspecified atom stereocenters. The molecule has 0 aliphatic rings. The Balaban J connectivity index is 1.37. The van der Waals surface area contributed by atoms with Gasteiger partial charge in [0.25, 0.3) is 17.5 Å². The van der Waals surface area contributed by atoms with Gasteiger partial charge in [-0.25, -0.2) is 10.2 Å². The molecular formula is C28H20N4O6S. The Labute approximate surface area is 226 Å². The van der Waals surface area contributed by atoms with E-state index in [0.717, 1.165) is 4.88 Å². The Hall–Kier alpha value is -5.42. The van der Waals surface area contributed by atoms with Gasteiger partial charge in [0, 0.05) is 22.6 Å². The van der Waals surface area contributed by atoms with Crippen LogP contribution < -0.4 is 15.5 Å². The van der Waals surface area contributed by atoms with E-state index in [1.165, 1.54) is 53.9 Å². The zero-order valence-corrected chi connectivity index (χ0v) is 21.0. The van der Waals surface area contributed by atoms with Gasteiger partial charge < -0.3 is 10.1 Å². The molecule has 1 aromatic heterocycles. The van der Waals surface area contributed by atoms with Gasteiger partial charge in [-0.3, -0.25) is 19.7 Å². The van der Waals surface area contributed by atoms with Gasteiger partial charge in [-0.1, -0.05) is 24.3 Å². The monoisotopic (exact) mass is 540 g/mol. The van der Waals surface area contributed by atoms with Gasteiger partial charge in [0.15, 0.2) is 0 Å². The number of nitrogens with one attached hydrogen (secondary N) is 2. The number of rotatable bonds is 9. The molecule has 4 aromatic rings. The highest BCUT2D eigenvalue weighted by Crippen LogP contribution is 2.17. The van der Waals surface area contributed by atoms with Crippen LogP contribution >= 0.6 is 11.3 Å². The first kappa shape index (κ1) is 26.6. The first-order chi connectivity index (χ1) is 18.9. The zero-order chi connectivity index (χ0) is 27.6. The van der Waals surface area contributed by atoms with Crippen LogP contribution in [0.4, 0.5) is 5.69 Å². The molecule has 0 saturated heterocycles. The van der Waals surface area contributed by atoms with Crippen molar-refractivity contribution >= 4 is 47.1 Å². The summed E-state index contributed by atoms with van der Waals surface area (Å²) in [6.07, 6.45) is 2.95. The van der Waals surface area contributed by atoms with Crippen molar-refractivity contribution in [3.05, 3.63) is 134 Å². The third-order valence-electron chi connectivity index (χ3n) is 5.14. The summed E-state index contributed by atoms with van der Waals surface area (Å²) in [7, 11) is 0. The smallest absolute Gasteiger partial charge is 0.343 e. The van der Waals surface area contributed by atoms with E-state index in [0.29, 0.717) is 11.1 Å². The number of hydrazone groups is 1. The van der Waals surface area contributed by atoms with Crippen LogP contribution in [0, 0.1) is 10.1 Å². The van der Waals surface area contributed by atoms with Gasteiger partial charge in [0.05, 0.1) is 16.7 Å². The predicted molar refractivity (Wildman–Crippen MR) is 146 cm³/mol. The fraction of sp³-hybridized carbons (Fsp3) is 0. The maximum atomic E-state index is 12.8. The highest BCUT2D eigenvalue weighted by molar-refractivity contribution is 7.10. The van der Waals surface area contributed by atoms with Gasteiger partial charge >= 0.3 is 5.97 Å². The Morgan fingerprint density at radius 2 is 1.59 bits per heavy atom. The van der Waals surface area contributed by atoms with Crippen molar-refractivity contribution in [3.8, 4) is 5.75 Å². The minimum atomic E-state index is -0.666. The van der Waals surface area contributed by atoms with E-state index >= 15 is 0 Å². The molecule has 0 bridgehead atoms. The number of nitro groups is 1. The number of hydrogen-bond acceptors (Lipinski definition) is 8. The van der Waals surface area contributed by atoms with Crippen LogP contribution in [0.15, 0.2) is 107 Å². The summed E-state index contributed by atoms with van der Waals surface area (Å²) >= 11 is 1.41. The number of hydrogen-bond donors (Lipinski definition) is 2. The van der Waals surface area contributed by atoms with Gasteiger partial charge in [0.1, 0.15) is 11.4 Å². The first-order valence-corrected chi connectivity index (χ1v) is 12.3. The number of benzene rings is 3. The number of amides is 2. The molecule has 10 nitrogen and oxygen atoms in total. The molecular weight excluding hydrogens is 520 g/mol. The number of carbonyl (C=O) groups excluding carboxylic acids is 3. The fourth-order valence-corrected chi connectivity index (χ4v) is 3.85. The second-order valence-electron chi connectivity index (χ2n) is 7.86. The topological polar surface area (TPSA) is 140 Å². The molecule has 2 amide bonds. The van der Waals surface area contributed by atoms with Crippen molar-refractivity contribution in [2.75, 3.05) is 0 Å². The summed E-state index contributed by atoms with van der Waals surface area (Å²) in [6, 6.07) is 23.5. The maximum absolute atomic E-state index is 12.8. The molecule has 0 aliphatic carbocycles. The number of nitro benzene ring substituents is 1. The maximum Gasteiger partial charge on any atom is 0.343 e. The number of nitrogens with zero attached hydrogens (tertiary/aromatic N) is 2. The molecule has 11 heteroatoms. The molecule has 2 N–H and O–H groups in total. The van der Waals surface area contributed by atoms with Crippen molar-refractivity contribution in [2.45, 2.75) is 0 Å². The van der Waals surface area contributed by atoms with Crippen molar-refractivity contribution in [1.29, 1.82) is 0 Å². The molecule has 0 saturated carbocycles. The minimum absolute atomic E-state index is 0.0250. The van der Waals surface area contributed by atoms with Crippen molar-refractivity contribution < 1.29 is 24.0 Å². The summed E-state index contributed by atoms with van der Waals surface area (Å²) < 4.78 is 5.28. The Morgan fingerprint density at radius 3 is 2.23 bits per heavy atom. The van der Waals surface area contributed by atoms with Gasteiger partial charge in [-0.15, -0.1) is 11.3 Å². The standard InChI is InChI=1S/C28H20N4O6S/c33-26(20-5-2-1-3-6-20)30-25(17-24-7-4-16-39-24)27(34)31-29-18-19-8-14-23(15-9-19)38-28(35)21-10-12-22(13-11-21)32(36)37/h1-18H,(H,30,33)(H,31,34). The number of ether oxygens (including phenoxy) is 1. The highest BCUT2D eigenvalue weighted by Gasteiger charge is 2.15. The molecule has 0 radical (unpaired) electrons. The zero-order valence-electron chi connectivity index (χ0n) is 20.1. The first-order valence-electron chi connectivity index (χ1n) is 11.4. The van der Waals surface area contributed by atoms with Crippen LogP contribution in [0.1, 0.15) is 31.2 Å². The fourth-order valence-electron chi connectivity index (χ4n) is 3.19. The lowest BCUT2D eigenvalue weighted by Gasteiger charge is -2.08. The van der Waals surface area contributed by atoms with E-state index in [1.807, 2.05) is 17.5 Å². The molecule has 194 valence electrons. The van der Waals surface area contributed by atoms with Crippen LogP contribution in [-0.4, -0.2) is 28.9 Å². The minimum Gasteiger partial charge on any atom is -0.423 e. The van der Waals surface area contributed by atoms with Crippen LogP contribution in [0.2, 0.25) is 0 Å². The largest absolute Gasteiger partial charge is 0.423 e. The van der Waals surface area contributed by atoms with E-state index < -0.39 is 22.7 Å². The number of carbonyl (C=O) groups is 3. The van der Waals surface area contributed by atoms with Crippen molar-refractivity contribution in [1.82, 2.24) is 10.7 Å². The number of non-ortho nitro benzene ring substituents is 1. The van der Waals surface area contributed by atoms with E-state index in [4.69, 9.17) is 4.74 Å². The molecule has 0 fully saturated rings. The van der Waals surface area contributed by atoms with E-state index in [2.05, 4.69) is 15.8 Å². The summed E-state index contributed by atoms with van der Waals surface area (Å²) in [5.74, 6) is -1.46. The normalized spacial score (nSPS) is 11.1. The summed E-state index contributed by atoms with van der Waals surface area (Å²) in [5, 5.41) is 19.2. The van der Waals surface area contributed by atoms with Crippen LogP contribution in [0.25, 0.3) is 6.08 Å². The van der Waals surface area contributed by atoms with Gasteiger partial charge in [-0.2, -0.15) is 5.10 Å². The van der Waals surface area contributed by atoms with Crippen LogP contribution in [0.3, 0.4) is 0 Å². The second kappa shape index (κ2) is 12.7. The molecule has 0 atom stereocenters. The van der Waals surface area contributed by atoms with Gasteiger partial charge in [0.2, 0.25) is 0 Å². The number of thiophene rings is 1. The van der Waals surface area contributed by atoms with E-state index in [9.17, 15) is 24.5 Å². The Morgan fingerprint density at radius 1 is 0.872 bits per heavy atom. The van der Waals surface area contributed by atoms with E-state index in [-0.39, 0.29) is 22.7 Å². The third kappa shape index (κ3) is 7.54. The van der Waals surface area contributed by atoms with Crippen molar-refractivity contribution in [3.63, 3.8) is 0 Å². The Bertz CT molecular complexity index is 1530. The molecule has 0 aliphatic heterocycles. The average molecular weight is 541 g/mol. The average Bonchev–Trinajstić information content (AvgIpc) is 3.47. The SMILES string of the molecule is O=C(NN=Cc1ccc(OC(=O)c2ccc([N+](=O)[O-])cc2)cc1)C(=Cc1cccs1)NC(=O)c1ccccc1. The molecule has 3 aromatic carbocycles. The molecule has 0 spiro atoms. The predicted octanol–water partition coefficient (Wildman–Crippen LogP) is 4.80. The van der Waals surface area contributed by atoms with Gasteiger partial charge in [-0.05, 0) is 71.6 Å². The highest BCUT2D eigenvalue weighted by atomic mass is 32.1. The molecule has 39 heavy (non-hydrogen) atoms.